The first-order valence-electron chi connectivity index (χ1n) is 6.27. The van der Waals surface area contributed by atoms with Gasteiger partial charge >= 0.3 is 0 Å². The largest absolute Gasteiger partial charge is 0.256 e. The summed E-state index contributed by atoms with van der Waals surface area (Å²) in [6.07, 6.45) is 1.81. The second kappa shape index (κ2) is 4.47. The van der Waals surface area contributed by atoms with Crippen LogP contribution in [0.3, 0.4) is 0 Å². The minimum atomic E-state index is -0.192. The molecule has 0 aliphatic heterocycles. The van der Waals surface area contributed by atoms with E-state index in [1.807, 2.05) is 43.5 Å². The van der Waals surface area contributed by atoms with Crippen LogP contribution in [-0.2, 0) is 0 Å². The van der Waals surface area contributed by atoms with Gasteiger partial charge in [-0.05, 0) is 54.8 Å². The molecule has 1 nitrogen and oxygen atoms in total. The average Bonchev–Trinajstić information content (AvgIpc) is 2.40. The first-order chi connectivity index (χ1) is 9.16. The van der Waals surface area contributed by atoms with Gasteiger partial charge in [-0.1, -0.05) is 18.2 Å². The van der Waals surface area contributed by atoms with Crippen molar-refractivity contribution in [1.29, 1.82) is 0 Å². The van der Waals surface area contributed by atoms with Crippen molar-refractivity contribution in [3.63, 3.8) is 0 Å². The van der Waals surface area contributed by atoms with Gasteiger partial charge in [0, 0.05) is 17.1 Å². The van der Waals surface area contributed by atoms with Crippen LogP contribution in [0.1, 0.15) is 11.1 Å². The monoisotopic (exact) mass is 251 g/mol. The Bertz CT molecular complexity index is 762. The Morgan fingerprint density at radius 1 is 0.947 bits per heavy atom. The molecule has 0 fully saturated rings. The third-order valence-corrected chi connectivity index (χ3v) is 3.44. The first-order valence-corrected chi connectivity index (χ1v) is 6.27. The fraction of sp³-hybridized carbons (Fsp3) is 0.118. The highest BCUT2D eigenvalue weighted by atomic mass is 19.1. The van der Waals surface area contributed by atoms with Gasteiger partial charge in [-0.15, -0.1) is 0 Å². The lowest BCUT2D eigenvalue weighted by Crippen LogP contribution is -1.90. The van der Waals surface area contributed by atoms with Crippen molar-refractivity contribution in [1.82, 2.24) is 4.98 Å². The predicted octanol–water partition coefficient (Wildman–Crippen LogP) is 4.66. The smallest absolute Gasteiger partial charge is 0.131 e. The summed E-state index contributed by atoms with van der Waals surface area (Å²) in [5, 5.41) is 1.08. The lowest BCUT2D eigenvalue weighted by molar-refractivity contribution is 0.631. The van der Waals surface area contributed by atoms with Crippen LogP contribution in [0.25, 0.3) is 22.0 Å². The number of rotatable bonds is 1. The van der Waals surface area contributed by atoms with E-state index < -0.39 is 0 Å². The molecule has 3 rings (SSSR count). The summed E-state index contributed by atoms with van der Waals surface area (Å²) < 4.78 is 13.9. The van der Waals surface area contributed by atoms with E-state index >= 15 is 0 Å². The van der Waals surface area contributed by atoms with Crippen LogP contribution in [0.15, 0.2) is 48.7 Å². The van der Waals surface area contributed by atoms with E-state index in [1.54, 1.807) is 6.07 Å². The van der Waals surface area contributed by atoms with Crippen LogP contribution in [0, 0.1) is 19.7 Å². The summed E-state index contributed by atoms with van der Waals surface area (Å²) in [4.78, 5) is 4.41. The lowest BCUT2D eigenvalue weighted by Gasteiger charge is -2.09. The highest BCUT2D eigenvalue weighted by Crippen LogP contribution is 2.29. The molecule has 19 heavy (non-hydrogen) atoms. The average molecular weight is 251 g/mol. The van der Waals surface area contributed by atoms with E-state index in [-0.39, 0.29) is 5.82 Å². The van der Waals surface area contributed by atoms with Crippen molar-refractivity contribution in [2.75, 3.05) is 0 Å². The number of aromatic nitrogens is 1. The molecule has 0 aliphatic rings. The quantitative estimate of drug-likeness (QED) is 0.613. The molecule has 0 unspecified atom stereocenters. The fourth-order valence-electron chi connectivity index (χ4n) is 2.42. The molecule has 0 saturated heterocycles. The number of fused-ring (bicyclic) bond motifs is 1. The molecule has 0 bridgehead atoms. The Morgan fingerprint density at radius 3 is 2.53 bits per heavy atom. The molecular weight excluding hydrogens is 237 g/mol. The van der Waals surface area contributed by atoms with Gasteiger partial charge < -0.3 is 0 Å². The third kappa shape index (κ3) is 1.99. The Hall–Kier alpha value is -2.22. The number of pyridine rings is 1. The van der Waals surface area contributed by atoms with Crippen molar-refractivity contribution in [3.05, 3.63) is 65.6 Å². The predicted molar refractivity (Wildman–Crippen MR) is 76.6 cm³/mol. The molecule has 3 aromatic rings. The van der Waals surface area contributed by atoms with Gasteiger partial charge in [-0.3, -0.25) is 4.98 Å². The number of nitrogens with zero attached hydrogens (tertiary/aromatic N) is 1. The van der Waals surface area contributed by atoms with Crippen LogP contribution >= 0.6 is 0 Å². The van der Waals surface area contributed by atoms with Crippen LogP contribution in [-0.4, -0.2) is 4.98 Å². The van der Waals surface area contributed by atoms with Gasteiger partial charge in [-0.25, -0.2) is 4.39 Å². The Labute approximate surface area is 111 Å². The normalized spacial score (nSPS) is 10.9. The molecular formula is C17H14FN. The fourth-order valence-corrected chi connectivity index (χ4v) is 2.42. The molecule has 0 aliphatic carbocycles. The molecule has 0 spiro atoms. The van der Waals surface area contributed by atoms with E-state index in [0.29, 0.717) is 5.56 Å². The minimum absolute atomic E-state index is 0.192. The van der Waals surface area contributed by atoms with Crippen LogP contribution in [0.4, 0.5) is 4.39 Å². The molecule has 2 heteroatoms. The maximum atomic E-state index is 13.9. The van der Waals surface area contributed by atoms with Gasteiger partial charge in [0.05, 0.1) is 5.52 Å². The van der Waals surface area contributed by atoms with Crippen LogP contribution in [0.2, 0.25) is 0 Å². The maximum absolute atomic E-state index is 13.9. The lowest BCUT2D eigenvalue weighted by atomic mass is 9.98. The molecule has 0 amide bonds. The SMILES string of the molecule is Cc1ccnc2c(C)cc(-c3ccccc3F)cc12. The second-order valence-electron chi connectivity index (χ2n) is 4.80. The van der Waals surface area contributed by atoms with Gasteiger partial charge in [0.25, 0.3) is 0 Å². The molecule has 0 saturated carbocycles. The summed E-state index contributed by atoms with van der Waals surface area (Å²) in [6, 6.07) is 12.9. The Balaban J connectivity index is 2.33. The molecule has 94 valence electrons. The van der Waals surface area contributed by atoms with Gasteiger partial charge in [0.1, 0.15) is 5.82 Å². The van der Waals surface area contributed by atoms with Crippen LogP contribution < -0.4 is 0 Å². The summed E-state index contributed by atoms with van der Waals surface area (Å²) in [5.41, 5.74) is 4.75. The zero-order valence-electron chi connectivity index (χ0n) is 10.9. The van der Waals surface area contributed by atoms with Crippen molar-refractivity contribution in [2.45, 2.75) is 13.8 Å². The summed E-state index contributed by atoms with van der Waals surface area (Å²) >= 11 is 0. The van der Waals surface area contributed by atoms with Crippen molar-refractivity contribution >= 4 is 10.9 Å². The second-order valence-corrected chi connectivity index (χ2v) is 4.80. The number of halogens is 1. The number of aryl methyl sites for hydroxylation is 2. The molecule has 1 aromatic heterocycles. The molecule has 2 aromatic carbocycles. The molecule has 0 radical (unpaired) electrons. The topological polar surface area (TPSA) is 12.9 Å². The van der Waals surface area contributed by atoms with Crippen molar-refractivity contribution in [3.8, 4) is 11.1 Å². The summed E-state index contributed by atoms with van der Waals surface area (Å²) in [6.45, 7) is 4.06. The molecule has 1 heterocycles. The van der Waals surface area contributed by atoms with Gasteiger partial charge in [-0.2, -0.15) is 0 Å². The van der Waals surface area contributed by atoms with Crippen molar-refractivity contribution in [2.24, 2.45) is 0 Å². The zero-order valence-corrected chi connectivity index (χ0v) is 10.9. The first kappa shape index (κ1) is 11.8. The highest BCUT2D eigenvalue weighted by molar-refractivity contribution is 5.89. The number of benzene rings is 2. The standard InChI is InChI=1S/C17H14FN/c1-11-7-8-19-17-12(2)9-13(10-15(11)17)14-5-3-4-6-16(14)18/h3-10H,1-2H3. The van der Waals surface area contributed by atoms with E-state index in [0.717, 1.165) is 27.6 Å². The van der Waals surface area contributed by atoms with E-state index in [1.165, 1.54) is 6.07 Å². The molecule has 0 N–H and O–H groups in total. The van der Waals surface area contributed by atoms with Crippen molar-refractivity contribution < 1.29 is 4.39 Å². The Morgan fingerprint density at radius 2 is 1.74 bits per heavy atom. The Kier molecular flexibility index (Phi) is 2.79. The van der Waals surface area contributed by atoms with E-state index in [2.05, 4.69) is 11.9 Å². The minimum Gasteiger partial charge on any atom is -0.256 e. The van der Waals surface area contributed by atoms with E-state index in [4.69, 9.17) is 0 Å². The van der Waals surface area contributed by atoms with E-state index in [9.17, 15) is 4.39 Å². The number of hydrogen-bond acceptors (Lipinski definition) is 1. The van der Waals surface area contributed by atoms with Gasteiger partial charge in [0.15, 0.2) is 0 Å². The third-order valence-electron chi connectivity index (χ3n) is 3.44. The summed E-state index contributed by atoms with van der Waals surface area (Å²) in [7, 11) is 0. The summed E-state index contributed by atoms with van der Waals surface area (Å²) in [5.74, 6) is -0.192. The highest BCUT2D eigenvalue weighted by Gasteiger charge is 2.08. The van der Waals surface area contributed by atoms with Crippen LogP contribution in [0.5, 0.6) is 0 Å². The maximum Gasteiger partial charge on any atom is 0.131 e. The zero-order chi connectivity index (χ0) is 13.4. The molecule has 0 atom stereocenters. The van der Waals surface area contributed by atoms with Gasteiger partial charge in [0.2, 0.25) is 0 Å². The number of hydrogen-bond donors (Lipinski definition) is 0.